The fraction of sp³-hybridized carbons (Fsp3) is 0.467. The van der Waals surface area contributed by atoms with Crippen molar-refractivity contribution >= 4 is 33.4 Å². The summed E-state index contributed by atoms with van der Waals surface area (Å²) in [5.41, 5.74) is 7.00. The monoisotopic (exact) mass is 353 g/mol. The summed E-state index contributed by atoms with van der Waals surface area (Å²) in [6.07, 6.45) is 1.82. The number of hydrogen-bond donors (Lipinski definition) is 2. The Morgan fingerprint density at radius 2 is 2.05 bits per heavy atom. The standard InChI is InChI=1S/C15H20BrN3O2/c1-10(20)18-9-11-5-7-19(8-6-11)15(21)12-3-2-4-13(17)14(12)16/h2-4,11H,5-9,17H2,1H3,(H,18,20). The fourth-order valence-electron chi connectivity index (χ4n) is 2.51. The average molecular weight is 354 g/mol. The van der Waals surface area contributed by atoms with Gasteiger partial charge in [-0.05, 0) is 46.8 Å². The molecule has 2 amide bonds. The summed E-state index contributed by atoms with van der Waals surface area (Å²) in [5, 5.41) is 2.84. The summed E-state index contributed by atoms with van der Waals surface area (Å²) in [7, 11) is 0. The molecular formula is C15H20BrN3O2. The zero-order chi connectivity index (χ0) is 15.4. The van der Waals surface area contributed by atoms with E-state index in [-0.39, 0.29) is 11.8 Å². The number of benzene rings is 1. The number of hydrogen-bond acceptors (Lipinski definition) is 3. The molecule has 2 rings (SSSR count). The molecule has 3 N–H and O–H groups in total. The van der Waals surface area contributed by atoms with Gasteiger partial charge in [-0.3, -0.25) is 9.59 Å². The molecule has 1 aromatic rings. The summed E-state index contributed by atoms with van der Waals surface area (Å²) >= 11 is 3.38. The second-order valence-electron chi connectivity index (χ2n) is 5.38. The molecule has 0 aliphatic carbocycles. The summed E-state index contributed by atoms with van der Waals surface area (Å²) in [5.74, 6) is 0.451. The van der Waals surface area contributed by atoms with E-state index in [9.17, 15) is 9.59 Å². The van der Waals surface area contributed by atoms with Crippen molar-refractivity contribution in [3.63, 3.8) is 0 Å². The number of amides is 2. The van der Waals surface area contributed by atoms with E-state index in [0.29, 0.717) is 41.3 Å². The van der Waals surface area contributed by atoms with Crippen molar-refractivity contribution in [2.24, 2.45) is 5.92 Å². The van der Waals surface area contributed by atoms with Crippen molar-refractivity contribution in [1.82, 2.24) is 10.2 Å². The van der Waals surface area contributed by atoms with Crippen LogP contribution in [0.15, 0.2) is 22.7 Å². The van der Waals surface area contributed by atoms with E-state index in [4.69, 9.17) is 5.73 Å². The molecule has 0 saturated carbocycles. The van der Waals surface area contributed by atoms with Crippen molar-refractivity contribution in [1.29, 1.82) is 0 Å². The number of piperidine rings is 1. The van der Waals surface area contributed by atoms with Gasteiger partial charge in [0.2, 0.25) is 5.91 Å². The van der Waals surface area contributed by atoms with E-state index in [1.165, 1.54) is 6.92 Å². The lowest BCUT2D eigenvalue weighted by atomic mass is 9.96. The molecule has 1 heterocycles. The number of anilines is 1. The molecular weight excluding hydrogens is 334 g/mol. The van der Waals surface area contributed by atoms with Gasteiger partial charge >= 0.3 is 0 Å². The highest BCUT2D eigenvalue weighted by molar-refractivity contribution is 9.10. The zero-order valence-corrected chi connectivity index (χ0v) is 13.6. The largest absolute Gasteiger partial charge is 0.398 e. The van der Waals surface area contributed by atoms with Gasteiger partial charge in [0, 0.05) is 32.2 Å². The molecule has 5 nitrogen and oxygen atoms in total. The van der Waals surface area contributed by atoms with Crippen molar-refractivity contribution in [2.45, 2.75) is 19.8 Å². The van der Waals surface area contributed by atoms with Gasteiger partial charge in [-0.15, -0.1) is 0 Å². The molecule has 1 fully saturated rings. The number of carbonyl (C=O) groups is 2. The first-order chi connectivity index (χ1) is 9.99. The quantitative estimate of drug-likeness (QED) is 0.816. The van der Waals surface area contributed by atoms with E-state index in [0.717, 1.165) is 12.8 Å². The Balaban J connectivity index is 1.94. The summed E-state index contributed by atoms with van der Waals surface area (Å²) in [6.45, 7) is 3.64. The molecule has 0 aromatic heterocycles. The number of rotatable bonds is 3. The van der Waals surface area contributed by atoms with Gasteiger partial charge in [0.25, 0.3) is 5.91 Å². The average Bonchev–Trinajstić information content (AvgIpc) is 2.48. The van der Waals surface area contributed by atoms with E-state index < -0.39 is 0 Å². The van der Waals surface area contributed by atoms with Crippen LogP contribution in [-0.2, 0) is 4.79 Å². The minimum Gasteiger partial charge on any atom is -0.398 e. The molecule has 114 valence electrons. The lowest BCUT2D eigenvalue weighted by molar-refractivity contribution is -0.119. The highest BCUT2D eigenvalue weighted by Crippen LogP contribution is 2.26. The molecule has 0 radical (unpaired) electrons. The highest BCUT2D eigenvalue weighted by atomic mass is 79.9. The molecule has 1 aromatic carbocycles. The lowest BCUT2D eigenvalue weighted by Crippen LogP contribution is -2.41. The Kier molecular flexibility index (Phi) is 5.22. The SMILES string of the molecule is CC(=O)NCC1CCN(C(=O)c2cccc(N)c2Br)CC1. The van der Waals surface area contributed by atoms with Gasteiger partial charge in [0.15, 0.2) is 0 Å². The van der Waals surface area contributed by atoms with Gasteiger partial charge in [0.1, 0.15) is 0 Å². The van der Waals surface area contributed by atoms with Crippen molar-refractivity contribution < 1.29 is 9.59 Å². The van der Waals surface area contributed by atoms with Crippen LogP contribution in [0.5, 0.6) is 0 Å². The van der Waals surface area contributed by atoms with E-state index >= 15 is 0 Å². The molecule has 1 aliphatic heterocycles. The van der Waals surface area contributed by atoms with Crippen molar-refractivity contribution in [2.75, 3.05) is 25.4 Å². The van der Waals surface area contributed by atoms with Crippen LogP contribution in [0, 0.1) is 5.92 Å². The second-order valence-corrected chi connectivity index (χ2v) is 6.17. The maximum absolute atomic E-state index is 12.5. The van der Waals surface area contributed by atoms with Crippen molar-refractivity contribution in [3.8, 4) is 0 Å². The predicted molar refractivity (Wildman–Crippen MR) is 85.9 cm³/mol. The number of nitrogens with one attached hydrogen (secondary N) is 1. The van der Waals surface area contributed by atoms with Gasteiger partial charge < -0.3 is 16.0 Å². The Labute approximate surface area is 133 Å². The van der Waals surface area contributed by atoms with Crippen LogP contribution in [0.25, 0.3) is 0 Å². The van der Waals surface area contributed by atoms with Crippen LogP contribution in [0.3, 0.4) is 0 Å². The Morgan fingerprint density at radius 3 is 2.67 bits per heavy atom. The number of nitrogens with zero attached hydrogens (tertiary/aromatic N) is 1. The maximum Gasteiger partial charge on any atom is 0.255 e. The van der Waals surface area contributed by atoms with Crippen molar-refractivity contribution in [3.05, 3.63) is 28.2 Å². The summed E-state index contributed by atoms with van der Waals surface area (Å²) < 4.78 is 0.662. The first kappa shape index (κ1) is 15.8. The summed E-state index contributed by atoms with van der Waals surface area (Å²) in [6, 6.07) is 5.34. The van der Waals surface area contributed by atoms with Crippen LogP contribution < -0.4 is 11.1 Å². The van der Waals surface area contributed by atoms with Crippen LogP contribution in [0.2, 0.25) is 0 Å². The van der Waals surface area contributed by atoms with E-state index in [1.54, 1.807) is 18.2 Å². The molecule has 0 bridgehead atoms. The predicted octanol–water partition coefficient (Wildman–Crippen LogP) is 2.02. The number of nitrogens with two attached hydrogens (primary N) is 1. The smallest absolute Gasteiger partial charge is 0.255 e. The third-order valence-electron chi connectivity index (χ3n) is 3.80. The van der Waals surface area contributed by atoms with Crippen LogP contribution in [-0.4, -0.2) is 36.3 Å². The topological polar surface area (TPSA) is 75.4 Å². The molecule has 1 aliphatic rings. The van der Waals surface area contributed by atoms with E-state index in [2.05, 4.69) is 21.2 Å². The first-order valence-electron chi connectivity index (χ1n) is 7.06. The number of likely N-dealkylation sites (tertiary alicyclic amines) is 1. The molecule has 6 heteroatoms. The number of nitrogen functional groups attached to an aromatic ring is 1. The minimum absolute atomic E-state index is 0.00260. The van der Waals surface area contributed by atoms with Crippen LogP contribution in [0.4, 0.5) is 5.69 Å². The Hall–Kier alpha value is -1.56. The molecule has 0 spiro atoms. The zero-order valence-electron chi connectivity index (χ0n) is 12.1. The molecule has 0 atom stereocenters. The number of carbonyl (C=O) groups excluding carboxylic acids is 2. The maximum atomic E-state index is 12.5. The molecule has 1 saturated heterocycles. The fourth-order valence-corrected chi connectivity index (χ4v) is 2.95. The first-order valence-corrected chi connectivity index (χ1v) is 7.86. The van der Waals surface area contributed by atoms with Crippen LogP contribution in [0.1, 0.15) is 30.1 Å². The lowest BCUT2D eigenvalue weighted by Gasteiger charge is -2.32. The Morgan fingerprint density at radius 1 is 1.38 bits per heavy atom. The second kappa shape index (κ2) is 6.93. The summed E-state index contributed by atoms with van der Waals surface area (Å²) in [4.78, 5) is 25.3. The third-order valence-corrected chi connectivity index (χ3v) is 4.69. The normalized spacial score (nSPS) is 15.8. The van der Waals surface area contributed by atoms with Gasteiger partial charge in [-0.2, -0.15) is 0 Å². The van der Waals surface area contributed by atoms with Gasteiger partial charge in [0.05, 0.1) is 10.0 Å². The molecule has 0 unspecified atom stereocenters. The van der Waals surface area contributed by atoms with Gasteiger partial charge in [-0.25, -0.2) is 0 Å². The van der Waals surface area contributed by atoms with Gasteiger partial charge in [-0.1, -0.05) is 6.07 Å². The Bertz CT molecular complexity index is 540. The molecule has 21 heavy (non-hydrogen) atoms. The minimum atomic E-state index is -0.00260. The highest BCUT2D eigenvalue weighted by Gasteiger charge is 2.25. The third kappa shape index (κ3) is 3.97. The van der Waals surface area contributed by atoms with Crippen LogP contribution >= 0.6 is 15.9 Å². The number of halogens is 1. The van der Waals surface area contributed by atoms with E-state index in [1.807, 2.05) is 4.90 Å².